The number of imidazole rings is 1. The Balaban J connectivity index is 1.28. The average molecular weight is 397 g/mol. The van der Waals surface area contributed by atoms with E-state index in [0.29, 0.717) is 23.8 Å². The van der Waals surface area contributed by atoms with Crippen LogP contribution >= 0.6 is 0 Å². The Labute approximate surface area is 172 Å². The van der Waals surface area contributed by atoms with Crippen LogP contribution in [0.3, 0.4) is 0 Å². The second-order valence-corrected chi connectivity index (χ2v) is 7.03. The third-order valence-electron chi connectivity index (χ3n) is 5.02. The number of carbonyl (C=O) groups is 1. The molecule has 0 radical (unpaired) electrons. The molecule has 5 aromatic rings. The van der Waals surface area contributed by atoms with E-state index in [-0.39, 0.29) is 5.91 Å². The summed E-state index contributed by atoms with van der Waals surface area (Å²) in [5, 5.41) is 2.91. The average Bonchev–Trinajstić information content (AvgIpc) is 3.43. The fourth-order valence-electron chi connectivity index (χ4n) is 3.30. The Morgan fingerprint density at radius 1 is 1.10 bits per heavy atom. The van der Waals surface area contributed by atoms with Crippen molar-refractivity contribution < 1.29 is 9.21 Å². The van der Waals surface area contributed by atoms with Gasteiger partial charge in [-0.05, 0) is 41.8 Å². The predicted octanol–water partition coefficient (Wildman–Crippen LogP) is 4.03. The fraction of sp³-hybridized carbons (Fsp3) is 0.130. The normalized spacial score (nSPS) is 11.2. The van der Waals surface area contributed by atoms with Gasteiger partial charge in [-0.25, -0.2) is 15.0 Å². The third-order valence-corrected chi connectivity index (χ3v) is 5.02. The number of nitrogens with one attached hydrogen (secondary N) is 1. The number of aromatic nitrogens is 4. The van der Waals surface area contributed by atoms with Crippen LogP contribution in [0.1, 0.15) is 28.4 Å². The van der Waals surface area contributed by atoms with Crippen LogP contribution < -0.4 is 5.32 Å². The second kappa shape index (κ2) is 7.44. The maximum Gasteiger partial charge on any atom is 0.254 e. The SMILES string of the molecule is CCc1ccc2nc(-c3ccc(CNC(=O)c4cnc5nccn5c4)cc3)oc2c1. The van der Waals surface area contributed by atoms with Gasteiger partial charge in [0.05, 0.1) is 5.56 Å². The summed E-state index contributed by atoms with van der Waals surface area (Å²) in [5.74, 6) is 0.966. The lowest BCUT2D eigenvalue weighted by atomic mass is 10.1. The Kier molecular flexibility index (Phi) is 4.48. The van der Waals surface area contributed by atoms with E-state index in [4.69, 9.17) is 4.42 Å². The number of oxazole rings is 1. The van der Waals surface area contributed by atoms with Gasteiger partial charge in [0, 0.05) is 36.9 Å². The molecule has 3 heterocycles. The second-order valence-electron chi connectivity index (χ2n) is 7.03. The van der Waals surface area contributed by atoms with Gasteiger partial charge in [-0.1, -0.05) is 25.1 Å². The Morgan fingerprint density at radius 3 is 2.77 bits per heavy atom. The van der Waals surface area contributed by atoms with Crippen molar-refractivity contribution >= 4 is 22.8 Å². The van der Waals surface area contributed by atoms with Crippen molar-refractivity contribution in [2.75, 3.05) is 0 Å². The van der Waals surface area contributed by atoms with Crippen LogP contribution in [0.15, 0.2) is 71.7 Å². The maximum atomic E-state index is 12.4. The molecule has 0 bridgehead atoms. The first kappa shape index (κ1) is 18.1. The molecule has 7 nitrogen and oxygen atoms in total. The maximum absolute atomic E-state index is 12.4. The van der Waals surface area contributed by atoms with Crippen LogP contribution in [0.2, 0.25) is 0 Å². The van der Waals surface area contributed by atoms with Gasteiger partial charge in [0.1, 0.15) is 5.52 Å². The molecule has 0 saturated heterocycles. The van der Waals surface area contributed by atoms with Crippen LogP contribution in [0.5, 0.6) is 0 Å². The van der Waals surface area contributed by atoms with Crippen LogP contribution in [0.25, 0.3) is 28.3 Å². The number of nitrogens with zero attached hydrogens (tertiary/aromatic N) is 4. The quantitative estimate of drug-likeness (QED) is 0.484. The number of aryl methyl sites for hydroxylation is 1. The molecule has 0 aliphatic heterocycles. The summed E-state index contributed by atoms with van der Waals surface area (Å²) in [6.45, 7) is 2.52. The molecular weight excluding hydrogens is 378 g/mol. The molecule has 30 heavy (non-hydrogen) atoms. The van der Waals surface area contributed by atoms with Gasteiger partial charge >= 0.3 is 0 Å². The van der Waals surface area contributed by atoms with E-state index < -0.39 is 0 Å². The molecule has 0 aliphatic rings. The summed E-state index contributed by atoms with van der Waals surface area (Å²) in [4.78, 5) is 25.2. The van der Waals surface area contributed by atoms with Crippen molar-refractivity contribution in [2.45, 2.75) is 19.9 Å². The Bertz CT molecular complexity index is 1350. The fourth-order valence-corrected chi connectivity index (χ4v) is 3.30. The van der Waals surface area contributed by atoms with Crippen LogP contribution in [0.4, 0.5) is 0 Å². The van der Waals surface area contributed by atoms with Crippen LogP contribution in [0, 0.1) is 0 Å². The highest BCUT2D eigenvalue weighted by Crippen LogP contribution is 2.25. The lowest BCUT2D eigenvalue weighted by Crippen LogP contribution is -2.23. The molecule has 1 amide bonds. The molecule has 2 aromatic carbocycles. The third kappa shape index (κ3) is 3.41. The zero-order valence-electron chi connectivity index (χ0n) is 16.4. The minimum Gasteiger partial charge on any atom is -0.436 e. The van der Waals surface area contributed by atoms with Crippen LogP contribution in [-0.4, -0.2) is 25.3 Å². The number of fused-ring (bicyclic) bond motifs is 2. The summed E-state index contributed by atoms with van der Waals surface area (Å²) in [5.41, 5.74) is 5.22. The number of amides is 1. The molecule has 0 unspecified atom stereocenters. The number of benzene rings is 2. The van der Waals surface area contributed by atoms with E-state index in [0.717, 1.165) is 28.6 Å². The van der Waals surface area contributed by atoms with Gasteiger partial charge in [-0.3, -0.25) is 9.20 Å². The number of carbonyl (C=O) groups excluding carboxylic acids is 1. The highest BCUT2D eigenvalue weighted by atomic mass is 16.3. The van der Waals surface area contributed by atoms with E-state index in [2.05, 4.69) is 33.3 Å². The van der Waals surface area contributed by atoms with Crippen molar-refractivity contribution in [1.29, 1.82) is 0 Å². The molecule has 3 aromatic heterocycles. The van der Waals surface area contributed by atoms with E-state index in [9.17, 15) is 4.79 Å². The van der Waals surface area contributed by atoms with Crippen LogP contribution in [-0.2, 0) is 13.0 Å². The van der Waals surface area contributed by atoms with Gasteiger partial charge in [0.15, 0.2) is 5.58 Å². The Morgan fingerprint density at radius 2 is 1.93 bits per heavy atom. The van der Waals surface area contributed by atoms with Gasteiger partial charge in [-0.2, -0.15) is 0 Å². The molecular formula is C23H19N5O2. The smallest absolute Gasteiger partial charge is 0.254 e. The standard InChI is InChI=1S/C23H19N5O2/c1-2-15-5-8-19-20(11-15)30-22(27-19)17-6-3-16(4-7-17)12-25-21(29)18-13-26-23-24-9-10-28(23)14-18/h3-11,13-14H,2,12H2,1H3,(H,25,29). The lowest BCUT2D eigenvalue weighted by molar-refractivity contribution is 0.0950. The van der Waals surface area contributed by atoms with Gasteiger partial charge in [0.25, 0.3) is 5.91 Å². The van der Waals surface area contributed by atoms with Crippen molar-refractivity contribution in [3.63, 3.8) is 0 Å². The highest BCUT2D eigenvalue weighted by Gasteiger charge is 2.10. The molecule has 148 valence electrons. The van der Waals surface area contributed by atoms with Crippen molar-refractivity contribution in [2.24, 2.45) is 0 Å². The molecule has 7 heteroatoms. The summed E-state index contributed by atoms with van der Waals surface area (Å²) >= 11 is 0. The summed E-state index contributed by atoms with van der Waals surface area (Å²) in [7, 11) is 0. The zero-order chi connectivity index (χ0) is 20.5. The van der Waals surface area contributed by atoms with Crippen molar-refractivity contribution in [3.05, 3.63) is 83.9 Å². The van der Waals surface area contributed by atoms with E-state index >= 15 is 0 Å². The molecule has 1 N–H and O–H groups in total. The largest absolute Gasteiger partial charge is 0.436 e. The number of rotatable bonds is 5. The first-order valence-electron chi connectivity index (χ1n) is 9.75. The molecule has 0 aliphatic carbocycles. The summed E-state index contributed by atoms with van der Waals surface area (Å²) in [6, 6.07) is 13.9. The van der Waals surface area contributed by atoms with E-state index in [1.165, 1.54) is 11.8 Å². The molecule has 0 spiro atoms. The molecule has 0 fully saturated rings. The van der Waals surface area contributed by atoms with E-state index in [1.807, 2.05) is 36.4 Å². The summed E-state index contributed by atoms with van der Waals surface area (Å²) in [6.07, 6.45) is 7.60. The monoisotopic (exact) mass is 397 g/mol. The topological polar surface area (TPSA) is 85.3 Å². The minimum atomic E-state index is -0.187. The first-order valence-corrected chi connectivity index (χ1v) is 9.75. The van der Waals surface area contributed by atoms with Gasteiger partial charge < -0.3 is 9.73 Å². The van der Waals surface area contributed by atoms with Gasteiger partial charge in [-0.15, -0.1) is 0 Å². The summed E-state index contributed by atoms with van der Waals surface area (Å²) < 4.78 is 7.64. The molecule has 5 rings (SSSR count). The highest BCUT2D eigenvalue weighted by molar-refractivity contribution is 5.93. The van der Waals surface area contributed by atoms with Crippen molar-refractivity contribution in [3.8, 4) is 11.5 Å². The number of hydrogen-bond acceptors (Lipinski definition) is 5. The van der Waals surface area contributed by atoms with Gasteiger partial charge in [0.2, 0.25) is 11.7 Å². The zero-order valence-corrected chi connectivity index (χ0v) is 16.4. The molecule has 0 saturated carbocycles. The minimum absolute atomic E-state index is 0.187. The lowest BCUT2D eigenvalue weighted by Gasteiger charge is -2.06. The van der Waals surface area contributed by atoms with E-state index in [1.54, 1.807) is 23.0 Å². The van der Waals surface area contributed by atoms with Crippen molar-refractivity contribution in [1.82, 2.24) is 24.7 Å². The molecule has 0 atom stereocenters. The predicted molar refractivity (Wildman–Crippen MR) is 113 cm³/mol. The number of hydrogen-bond donors (Lipinski definition) is 1. The Hall–Kier alpha value is -4.00. The first-order chi connectivity index (χ1) is 14.7.